The Balaban J connectivity index is 2.08. The van der Waals surface area contributed by atoms with Crippen LogP contribution in [-0.4, -0.2) is 17.0 Å². The van der Waals surface area contributed by atoms with Gasteiger partial charge >= 0.3 is 5.97 Å². The molecule has 0 radical (unpaired) electrons. The maximum absolute atomic E-state index is 11.9. The average Bonchev–Trinajstić information content (AvgIpc) is 2.20. The highest BCUT2D eigenvalue weighted by Gasteiger charge is 2.41. The number of nitrogens with one attached hydrogen (secondary N) is 1. The van der Waals surface area contributed by atoms with Crippen LogP contribution in [0.4, 0.5) is 5.69 Å². The first-order valence-electron chi connectivity index (χ1n) is 5.79. The standard InChI is InChI=1S/C13H14ClNO3/c1-7-2-5-10(14)11(6-7)15-12(16)8-3-4-9(8)13(17)18/h2,5-6,8-9H,3-4H2,1H3,(H,15,16)(H,17,18). The van der Waals surface area contributed by atoms with Gasteiger partial charge in [0.1, 0.15) is 0 Å². The molecule has 0 heterocycles. The number of aryl methyl sites for hydroxylation is 1. The van der Waals surface area contributed by atoms with E-state index in [1.807, 2.05) is 13.0 Å². The van der Waals surface area contributed by atoms with E-state index in [1.165, 1.54) is 0 Å². The minimum absolute atomic E-state index is 0.263. The van der Waals surface area contributed by atoms with Crippen molar-refractivity contribution in [3.63, 3.8) is 0 Å². The molecule has 1 aromatic carbocycles. The van der Waals surface area contributed by atoms with Gasteiger partial charge in [0.25, 0.3) is 0 Å². The summed E-state index contributed by atoms with van der Waals surface area (Å²) >= 11 is 5.97. The lowest BCUT2D eigenvalue weighted by Crippen LogP contribution is -2.41. The molecule has 2 unspecified atom stereocenters. The van der Waals surface area contributed by atoms with Crippen LogP contribution in [0.5, 0.6) is 0 Å². The number of aliphatic carboxylic acids is 1. The minimum Gasteiger partial charge on any atom is -0.481 e. The second-order valence-corrected chi connectivity index (χ2v) is 5.01. The zero-order chi connectivity index (χ0) is 13.3. The van der Waals surface area contributed by atoms with Gasteiger partial charge in [-0.15, -0.1) is 0 Å². The van der Waals surface area contributed by atoms with Crippen molar-refractivity contribution < 1.29 is 14.7 Å². The summed E-state index contributed by atoms with van der Waals surface area (Å²) in [5, 5.41) is 12.1. The van der Waals surface area contributed by atoms with Crippen molar-refractivity contribution in [2.75, 3.05) is 5.32 Å². The van der Waals surface area contributed by atoms with Crippen molar-refractivity contribution in [1.29, 1.82) is 0 Å². The van der Waals surface area contributed by atoms with Gasteiger partial charge < -0.3 is 10.4 Å². The quantitative estimate of drug-likeness (QED) is 0.885. The molecule has 1 saturated carbocycles. The van der Waals surface area contributed by atoms with Gasteiger partial charge in [0.05, 0.1) is 22.5 Å². The molecule has 2 rings (SSSR count). The highest BCUT2D eigenvalue weighted by molar-refractivity contribution is 6.33. The van der Waals surface area contributed by atoms with Gasteiger partial charge in [0.15, 0.2) is 0 Å². The molecule has 1 aliphatic carbocycles. The van der Waals surface area contributed by atoms with E-state index in [-0.39, 0.29) is 5.91 Å². The molecule has 0 spiro atoms. The second kappa shape index (κ2) is 4.98. The van der Waals surface area contributed by atoms with Crippen molar-refractivity contribution in [3.8, 4) is 0 Å². The van der Waals surface area contributed by atoms with E-state index in [2.05, 4.69) is 5.32 Å². The molecule has 1 aliphatic rings. The van der Waals surface area contributed by atoms with Gasteiger partial charge in [-0.25, -0.2) is 0 Å². The SMILES string of the molecule is Cc1ccc(Cl)c(NC(=O)C2CCC2C(=O)O)c1. The van der Waals surface area contributed by atoms with E-state index in [0.717, 1.165) is 5.56 Å². The number of amides is 1. The van der Waals surface area contributed by atoms with E-state index in [1.54, 1.807) is 12.1 Å². The summed E-state index contributed by atoms with van der Waals surface area (Å²) in [6.45, 7) is 1.90. The number of hydrogen-bond acceptors (Lipinski definition) is 2. The number of carbonyl (C=O) groups excluding carboxylic acids is 1. The molecular formula is C13H14ClNO3. The number of carbonyl (C=O) groups is 2. The van der Waals surface area contributed by atoms with Crippen molar-refractivity contribution >= 4 is 29.2 Å². The van der Waals surface area contributed by atoms with E-state index >= 15 is 0 Å². The predicted octanol–water partition coefficient (Wildman–Crippen LogP) is 2.70. The molecule has 1 amide bonds. The largest absolute Gasteiger partial charge is 0.481 e. The molecule has 0 bridgehead atoms. The Bertz CT molecular complexity index is 501. The Labute approximate surface area is 110 Å². The lowest BCUT2D eigenvalue weighted by Gasteiger charge is -2.32. The minimum atomic E-state index is -0.906. The Morgan fingerprint density at radius 2 is 2.00 bits per heavy atom. The summed E-state index contributed by atoms with van der Waals surface area (Å²) in [4.78, 5) is 22.8. The van der Waals surface area contributed by atoms with E-state index in [0.29, 0.717) is 23.6 Å². The normalized spacial score (nSPS) is 22.1. The number of carboxylic acid groups (broad SMARTS) is 1. The van der Waals surface area contributed by atoms with Gasteiger partial charge in [-0.05, 0) is 37.5 Å². The smallest absolute Gasteiger partial charge is 0.307 e. The van der Waals surface area contributed by atoms with Gasteiger partial charge in [-0.1, -0.05) is 17.7 Å². The number of rotatable bonds is 3. The zero-order valence-electron chi connectivity index (χ0n) is 9.94. The Kier molecular flexibility index (Phi) is 3.57. The van der Waals surface area contributed by atoms with Crippen molar-refractivity contribution in [2.24, 2.45) is 11.8 Å². The third-order valence-corrected chi connectivity index (χ3v) is 3.64. The monoisotopic (exact) mass is 267 g/mol. The van der Waals surface area contributed by atoms with Crippen LogP contribution in [0.1, 0.15) is 18.4 Å². The summed E-state index contributed by atoms with van der Waals surface area (Å²) in [5.41, 5.74) is 1.52. The molecule has 2 atom stereocenters. The summed E-state index contributed by atoms with van der Waals surface area (Å²) in [6.07, 6.45) is 1.18. The van der Waals surface area contributed by atoms with Gasteiger partial charge in [-0.3, -0.25) is 9.59 Å². The van der Waals surface area contributed by atoms with Gasteiger partial charge in [-0.2, -0.15) is 0 Å². The molecule has 1 fully saturated rings. The molecule has 96 valence electrons. The Morgan fingerprint density at radius 1 is 1.33 bits per heavy atom. The van der Waals surface area contributed by atoms with Crippen molar-refractivity contribution in [3.05, 3.63) is 28.8 Å². The zero-order valence-corrected chi connectivity index (χ0v) is 10.7. The van der Waals surface area contributed by atoms with Crippen LogP contribution >= 0.6 is 11.6 Å². The van der Waals surface area contributed by atoms with Crippen LogP contribution in [0.3, 0.4) is 0 Å². The highest BCUT2D eigenvalue weighted by Crippen LogP contribution is 2.36. The van der Waals surface area contributed by atoms with E-state index < -0.39 is 17.8 Å². The van der Waals surface area contributed by atoms with Crippen LogP contribution < -0.4 is 5.32 Å². The van der Waals surface area contributed by atoms with Crippen LogP contribution in [0.15, 0.2) is 18.2 Å². The topological polar surface area (TPSA) is 66.4 Å². The Morgan fingerprint density at radius 3 is 2.56 bits per heavy atom. The fraction of sp³-hybridized carbons (Fsp3) is 0.385. The first kappa shape index (κ1) is 12.9. The maximum Gasteiger partial charge on any atom is 0.307 e. The predicted molar refractivity (Wildman–Crippen MR) is 68.7 cm³/mol. The fourth-order valence-electron chi connectivity index (χ4n) is 2.07. The fourth-order valence-corrected chi connectivity index (χ4v) is 2.23. The molecule has 5 heteroatoms. The number of anilines is 1. The lowest BCUT2D eigenvalue weighted by atomic mass is 9.73. The number of carboxylic acids is 1. The molecule has 4 nitrogen and oxygen atoms in total. The number of hydrogen-bond donors (Lipinski definition) is 2. The van der Waals surface area contributed by atoms with E-state index in [4.69, 9.17) is 16.7 Å². The summed E-state index contributed by atoms with van der Waals surface area (Å²) in [6, 6.07) is 5.33. The molecule has 1 aromatic rings. The summed E-state index contributed by atoms with van der Waals surface area (Å²) in [7, 11) is 0. The van der Waals surface area contributed by atoms with E-state index in [9.17, 15) is 9.59 Å². The summed E-state index contributed by atoms with van der Waals surface area (Å²) < 4.78 is 0. The molecule has 0 aliphatic heterocycles. The van der Waals surface area contributed by atoms with Crippen LogP contribution in [0.2, 0.25) is 5.02 Å². The highest BCUT2D eigenvalue weighted by atomic mass is 35.5. The maximum atomic E-state index is 11.9. The number of benzene rings is 1. The molecule has 18 heavy (non-hydrogen) atoms. The average molecular weight is 268 g/mol. The Hall–Kier alpha value is -1.55. The first-order chi connectivity index (χ1) is 8.49. The van der Waals surface area contributed by atoms with Crippen molar-refractivity contribution in [1.82, 2.24) is 0 Å². The van der Waals surface area contributed by atoms with Crippen LogP contribution in [0.25, 0.3) is 0 Å². The molecule has 2 N–H and O–H groups in total. The third kappa shape index (κ3) is 2.48. The van der Waals surface area contributed by atoms with Crippen molar-refractivity contribution in [2.45, 2.75) is 19.8 Å². The first-order valence-corrected chi connectivity index (χ1v) is 6.16. The summed E-state index contributed by atoms with van der Waals surface area (Å²) in [5.74, 6) is -2.18. The van der Waals surface area contributed by atoms with Gasteiger partial charge in [0, 0.05) is 0 Å². The van der Waals surface area contributed by atoms with Crippen LogP contribution in [0, 0.1) is 18.8 Å². The van der Waals surface area contributed by atoms with Crippen LogP contribution in [-0.2, 0) is 9.59 Å². The van der Waals surface area contributed by atoms with Gasteiger partial charge in [0.2, 0.25) is 5.91 Å². The second-order valence-electron chi connectivity index (χ2n) is 4.60. The molecular weight excluding hydrogens is 254 g/mol. The number of halogens is 1. The third-order valence-electron chi connectivity index (χ3n) is 3.31. The lowest BCUT2D eigenvalue weighted by molar-refractivity contribution is -0.151. The molecule has 0 aromatic heterocycles. The molecule has 0 saturated heterocycles.